The fourth-order valence-corrected chi connectivity index (χ4v) is 4.09. The minimum atomic E-state index is -0.884. The van der Waals surface area contributed by atoms with Gasteiger partial charge in [0, 0.05) is 37.2 Å². The highest BCUT2D eigenvalue weighted by Gasteiger charge is 2.38. The Morgan fingerprint density at radius 1 is 1.14 bits per heavy atom. The monoisotopic (exact) mass is 479 g/mol. The maximum atomic E-state index is 14.4. The van der Waals surface area contributed by atoms with Crippen LogP contribution in [-0.4, -0.2) is 56.7 Å². The minimum Gasteiger partial charge on any atom is -0.465 e. The first kappa shape index (κ1) is 24.2. The number of hydrogen-bond donors (Lipinski definition) is 3. The zero-order valence-corrected chi connectivity index (χ0v) is 20.1. The number of carboxylic acid groups (broad SMARTS) is 1. The third-order valence-electron chi connectivity index (χ3n) is 6.02. The number of piperazine rings is 1. The fourth-order valence-electron chi connectivity index (χ4n) is 4.09. The van der Waals surface area contributed by atoms with Crippen molar-refractivity contribution in [3.63, 3.8) is 0 Å². The Kier molecular flexibility index (Phi) is 6.99. The van der Waals surface area contributed by atoms with Crippen LogP contribution in [0.2, 0.25) is 0 Å². The molecule has 1 saturated heterocycles. The van der Waals surface area contributed by atoms with Crippen molar-refractivity contribution in [1.82, 2.24) is 19.9 Å². The average molecular weight is 480 g/mol. The molecule has 0 bridgehead atoms. The Morgan fingerprint density at radius 3 is 2.57 bits per heavy atom. The van der Waals surface area contributed by atoms with Crippen LogP contribution in [-0.2, 0) is 6.54 Å². The summed E-state index contributed by atoms with van der Waals surface area (Å²) in [6.07, 6.45) is 1.94. The van der Waals surface area contributed by atoms with Crippen LogP contribution in [0.25, 0.3) is 0 Å². The van der Waals surface area contributed by atoms with Crippen molar-refractivity contribution in [2.45, 2.75) is 33.4 Å². The van der Waals surface area contributed by atoms with E-state index in [4.69, 9.17) is 0 Å². The number of anilines is 4. The lowest BCUT2D eigenvalue weighted by Crippen LogP contribution is -2.59. The predicted molar refractivity (Wildman–Crippen MR) is 133 cm³/mol. The molecular weight excluding hydrogens is 449 g/mol. The second-order valence-electron chi connectivity index (χ2n) is 9.54. The van der Waals surface area contributed by atoms with E-state index in [1.54, 1.807) is 6.20 Å². The van der Waals surface area contributed by atoms with Crippen molar-refractivity contribution in [3.8, 4) is 0 Å². The summed E-state index contributed by atoms with van der Waals surface area (Å²) in [7, 11) is 0. The molecule has 1 aliphatic rings. The van der Waals surface area contributed by atoms with E-state index in [0.717, 1.165) is 17.6 Å². The van der Waals surface area contributed by atoms with Gasteiger partial charge in [0.1, 0.15) is 0 Å². The summed E-state index contributed by atoms with van der Waals surface area (Å²) in [6.45, 7) is 8.24. The van der Waals surface area contributed by atoms with Crippen molar-refractivity contribution in [2.75, 3.05) is 35.2 Å². The highest BCUT2D eigenvalue weighted by molar-refractivity contribution is 5.67. The van der Waals surface area contributed by atoms with E-state index in [9.17, 15) is 14.3 Å². The summed E-state index contributed by atoms with van der Waals surface area (Å²) in [4.78, 5) is 27.9. The van der Waals surface area contributed by atoms with Crippen molar-refractivity contribution in [2.24, 2.45) is 5.41 Å². The summed E-state index contributed by atoms with van der Waals surface area (Å²) in [6, 6.07) is 13.1. The van der Waals surface area contributed by atoms with Crippen LogP contribution in [0.15, 0.2) is 54.9 Å². The molecule has 4 rings (SSSR count). The maximum Gasteiger partial charge on any atom is 0.407 e. The number of amides is 1. The van der Waals surface area contributed by atoms with Crippen molar-refractivity contribution in [1.29, 1.82) is 0 Å². The van der Waals surface area contributed by atoms with Gasteiger partial charge in [0.15, 0.2) is 11.6 Å². The molecule has 1 aliphatic heterocycles. The van der Waals surface area contributed by atoms with Gasteiger partial charge in [-0.25, -0.2) is 14.2 Å². The molecular formula is C25H30FN7O2. The van der Waals surface area contributed by atoms with Gasteiger partial charge < -0.3 is 25.5 Å². The summed E-state index contributed by atoms with van der Waals surface area (Å²) in [5.74, 6) is -0.199. The number of pyridine rings is 1. The van der Waals surface area contributed by atoms with Gasteiger partial charge in [-0.2, -0.15) is 4.98 Å². The molecule has 2 aromatic heterocycles. The quantitative estimate of drug-likeness (QED) is 0.472. The van der Waals surface area contributed by atoms with E-state index in [1.165, 1.54) is 4.90 Å². The topological polar surface area (TPSA) is 107 Å². The van der Waals surface area contributed by atoms with Crippen LogP contribution < -0.4 is 15.5 Å². The number of halogens is 1. The normalized spacial score (nSPS) is 16.2. The van der Waals surface area contributed by atoms with Gasteiger partial charge in [0.25, 0.3) is 0 Å². The molecule has 0 aliphatic carbocycles. The molecule has 0 saturated carbocycles. The van der Waals surface area contributed by atoms with Crippen molar-refractivity contribution in [3.05, 3.63) is 66.4 Å². The molecule has 35 heavy (non-hydrogen) atoms. The first-order valence-electron chi connectivity index (χ1n) is 11.5. The largest absolute Gasteiger partial charge is 0.465 e. The number of nitrogens with zero attached hydrogens (tertiary/aromatic N) is 5. The van der Waals surface area contributed by atoms with Gasteiger partial charge in [-0.1, -0.05) is 26.8 Å². The lowest BCUT2D eigenvalue weighted by molar-refractivity contribution is 0.0748. The fraction of sp³-hybridized carbons (Fsp3) is 0.360. The highest BCUT2D eigenvalue weighted by atomic mass is 19.1. The summed E-state index contributed by atoms with van der Waals surface area (Å²) >= 11 is 0. The molecule has 1 amide bonds. The Balaban J connectivity index is 1.42. The van der Waals surface area contributed by atoms with Crippen LogP contribution in [0, 0.1) is 11.2 Å². The smallest absolute Gasteiger partial charge is 0.407 e. The Bertz CT molecular complexity index is 1150. The number of rotatable bonds is 6. The first-order chi connectivity index (χ1) is 16.7. The molecule has 9 nitrogen and oxygen atoms in total. The minimum absolute atomic E-state index is 0.0686. The number of hydrogen-bond acceptors (Lipinski definition) is 7. The zero-order chi connectivity index (χ0) is 25.0. The van der Waals surface area contributed by atoms with Gasteiger partial charge in [-0.05, 0) is 41.8 Å². The van der Waals surface area contributed by atoms with Crippen LogP contribution in [0.1, 0.15) is 26.5 Å². The molecule has 10 heteroatoms. The lowest BCUT2D eigenvalue weighted by atomic mass is 9.84. The third kappa shape index (κ3) is 5.95. The highest BCUT2D eigenvalue weighted by Crippen LogP contribution is 2.31. The Morgan fingerprint density at radius 2 is 1.91 bits per heavy atom. The summed E-state index contributed by atoms with van der Waals surface area (Å²) in [5, 5.41) is 15.6. The van der Waals surface area contributed by atoms with Gasteiger partial charge in [-0.15, -0.1) is 0 Å². The predicted octanol–water partition coefficient (Wildman–Crippen LogP) is 4.58. The van der Waals surface area contributed by atoms with Gasteiger partial charge >= 0.3 is 6.09 Å². The maximum absolute atomic E-state index is 14.4. The van der Waals surface area contributed by atoms with E-state index < -0.39 is 11.9 Å². The van der Waals surface area contributed by atoms with Crippen LogP contribution in [0.4, 0.5) is 32.3 Å². The molecule has 1 aromatic carbocycles. The lowest BCUT2D eigenvalue weighted by Gasteiger charge is -2.46. The van der Waals surface area contributed by atoms with Gasteiger partial charge in [0.05, 0.1) is 24.5 Å². The van der Waals surface area contributed by atoms with Crippen LogP contribution in [0.5, 0.6) is 0 Å². The Hall–Kier alpha value is -3.95. The third-order valence-corrected chi connectivity index (χ3v) is 6.02. The number of carbonyl (C=O) groups is 1. The molecule has 1 atom stereocenters. The van der Waals surface area contributed by atoms with E-state index >= 15 is 0 Å². The average Bonchev–Trinajstić information content (AvgIpc) is 2.84. The summed E-state index contributed by atoms with van der Waals surface area (Å²) in [5.41, 5.74) is 2.29. The molecule has 3 N–H and O–H groups in total. The summed E-state index contributed by atoms with van der Waals surface area (Å²) < 4.78 is 14.4. The van der Waals surface area contributed by atoms with E-state index in [0.29, 0.717) is 37.8 Å². The molecule has 3 heterocycles. The van der Waals surface area contributed by atoms with Gasteiger partial charge in [-0.3, -0.25) is 4.98 Å². The Labute approximate surface area is 204 Å². The van der Waals surface area contributed by atoms with Gasteiger partial charge in [0.2, 0.25) is 5.95 Å². The standard InChI is InChI=1S/C25H30FN7O2/c1-25(2,3)21-16-32(12-13-33(21)24(34)35)19-9-7-17(8-10-19)30-22-20(26)15-29-23(31-22)28-14-18-6-4-5-11-27-18/h4-11,15,21H,12-14,16H2,1-3H3,(H,34,35)(H2,28,29,30,31). The number of aromatic nitrogens is 3. The van der Waals surface area contributed by atoms with E-state index in [-0.39, 0.29) is 17.3 Å². The molecule has 0 radical (unpaired) electrons. The molecule has 3 aromatic rings. The molecule has 1 unspecified atom stereocenters. The SMILES string of the molecule is CC(C)(C)C1CN(c2ccc(Nc3nc(NCc4ccccn4)ncc3F)cc2)CCN1C(=O)O. The van der Waals surface area contributed by atoms with E-state index in [2.05, 4.69) is 51.3 Å². The van der Waals surface area contributed by atoms with Crippen molar-refractivity contribution < 1.29 is 14.3 Å². The zero-order valence-electron chi connectivity index (χ0n) is 20.1. The molecule has 1 fully saturated rings. The van der Waals surface area contributed by atoms with E-state index in [1.807, 2.05) is 42.5 Å². The van der Waals surface area contributed by atoms with Crippen LogP contribution in [0.3, 0.4) is 0 Å². The second-order valence-corrected chi connectivity index (χ2v) is 9.54. The van der Waals surface area contributed by atoms with Crippen LogP contribution >= 0.6 is 0 Å². The number of nitrogens with one attached hydrogen (secondary N) is 2. The van der Waals surface area contributed by atoms with Crippen molar-refractivity contribution >= 4 is 29.2 Å². The molecule has 0 spiro atoms. The number of benzene rings is 1. The first-order valence-corrected chi connectivity index (χ1v) is 11.5. The second kappa shape index (κ2) is 10.1. The molecule has 184 valence electrons.